The lowest BCUT2D eigenvalue weighted by molar-refractivity contribution is 0.256. The minimum absolute atomic E-state index is 0.696. The van der Waals surface area contributed by atoms with Gasteiger partial charge in [-0.25, -0.2) is 0 Å². The number of benzene rings is 1. The summed E-state index contributed by atoms with van der Waals surface area (Å²) in [5.41, 5.74) is 9.87. The van der Waals surface area contributed by atoms with E-state index in [4.69, 9.17) is 5.73 Å². The summed E-state index contributed by atoms with van der Waals surface area (Å²) in [6, 6.07) is 6.45. The quantitative estimate of drug-likeness (QED) is 0.779. The Morgan fingerprint density at radius 3 is 2.61 bits per heavy atom. The van der Waals surface area contributed by atoms with Crippen LogP contribution >= 0.6 is 0 Å². The third-order valence-electron chi connectivity index (χ3n) is 3.93. The Balaban J connectivity index is 2.05. The molecule has 18 heavy (non-hydrogen) atoms. The minimum atomic E-state index is 0.696. The maximum Gasteiger partial charge on any atom is 0.0317 e. The molecule has 1 unspecified atom stereocenters. The van der Waals surface area contributed by atoms with Gasteiger partial charge in [-0.05, 0) is 68.0 Å². The summed E-state index contributed by atoms with van der Waals surface area (Å²) in [4.78, 5) is 2.61. The van der Waals surface area contributed by atoms with Gasteiger partial charge in [0.2, 0.25) is 0 Å². The standard InChI is InChI=1S/C16H26N2/c1-3-9-18(10-4-2)12-14-6-5-13-7-8-15(17)11-16(13)14/h7-8,11,14H,3-6,9-10,12,17H2,1-2H3. The Morgan fingerprint density at radius 2 is 1.94 bits per heavy atom. The fourth-order valence-corrected chi connectivity index (χ4v) is 3.13. The van der Waals surface area contributed by atoms with Crippen molar-refractivity contribution in [2.24, 2.45) is 0 Å². The highest BCUT2D eigenvalue weighted by Crippen LogP contribution is 2.34. The second kappa shape index (κ2) is 6.24. The van der Waals surface area contributed by atoms with Gasteiger partial charge >= 0.3 is 0 Å². The van der Waals surface area contributed by atoms with Gasteiger partial charge in [-0.2, -0.15) is 0 Å². The Bertz CT molecular complexity index is 381. The van der Waals surface area contributed by atoms with Crippen LogP contribution in [0, 0.1) is 0 Å². The Morgan fingerprint density at radius 1 is 1.22 bits per heavy atom. The molecule has 1 aliphatic rings. The van der Waals surface area contributed by atoms with Crippen molar-refractivity contribution in [1.82, 2.24) is 4.90 Å². The maximum atomic E-state index is 5.93. The van der Waals surface area contributed by atoms with Gasteiger partial charge in [-0.15, -0.1) is 0 Å². The fourth-order valence-electron chi connectivity index (χ4n) is 3.13. The maximum absolute atomic E-state index is 5.93. The van der Waals surface area contributed by atoms with Crippen molar-refractivity contribution in [3.8, 4) is 0 Å². The van der Waals surface area contributed by atoms with Gasteiger partial charge in [0.1, 0.15) is 0 Å². The molecule has 2 heteroatoms. The van der Waals surface area contributed by atoms with Crippen LogP contribution in [0.2, 0.25) is 0 Å². The van der Waals surface area contributed by atoms with E-state index in [0.717, 1.165) is 5.69 Å². The highest BCUT2D eigenvalue weighted by molar-refractivity contribution is 5.48. The number of aryl methyl sites for hydroxylation is 1. The van der Waals surface area contributed by atoms with Crippen molar-refractivity contribution >= 4 is 5.69 Å². The summed E-state index contributed by atoms with van der Waals surface area (Å²) in [5, 5.41) is 0. The number of hydrogen-bond acceptors (Lipinski definition) is 2. The van der Waals surface area contributed by atoms with Gasteiger partial charge in [-0.3, -0.25) is 0 Å². The molecule has 1 aromatic carbocycles. The molecule has 2 nitrogen and oxygen atoms in total. The number of fused-ring (bicyclic) bond motifs is 1. The molecule has 2 rings (SSSR count). The van der Waals surface area contributed by atoms with Crippen LogP contribution in [0.15, 0.2) is 18.2 Å². The van der Waals surface area contributed by atoms with E-state index in [9.17, 15) is 0 Å². The highest BCUT2D eigenvalue weighted by atomic mass is 15.1. The molecule has 0 spiro atoms. The van der Waals surface area contributed by atoms with Crippen molar-refractivity contribution in [2.45, 2.75) is 45.4 Å². The van der Waals surface area contributed by atoms with Crippen molar-refractivity contribution in [3.05, 3.63) is 29.3 Å². The average Bonchev–Trinajstić information content (AvgIpc) is 2.73. The first kappa shape index (κ1) is 13.4. The zero-order chi connectivity index (χ0) is 13.0. The SMILES string of the molecule is CCCN(CCC)CC1CCc2ccc(N)cc21. The Labute approximate surface area is 111 Å². The predicted molar refractivity (Wildman–Crippen MR) is 78.9 cm³/mol. The van der Waals surface area contributed by atoms with E-state index in [0.29, 0.717) is 5.92 Å². The molecular formula is C16H26N2. The van der Waals surface area contributed by atoms with Gasteiger partial charge in [0.05, 0.1) is 0 Å². The van der Waals surface area contributed by atoms with Crippen LogP contribution in [-0.4, -0.2) is 24.5 Å². The van der Waals surface area contributed by atoms with E-state index >= 15 is 0 Å². The lowest BCUT2D eigenvalue weighted by atomic mass is 10.00. The predicted octanol–water partition coefficient (Wildman–Crippen LogP) is 3.42. The molecule has 0 fully saturated rings. The molecule has 0 aliphatic heterocycles. The molecule has 1 aromatic rings. The van der Waals surface area contributed by atoms with Crippen LogP contribution in [0.3, 0.4) is 0 Å². The molecular weight excluding hydrogens is 220 g/mol. The second-order valence-electron chi connectivity index (χ2n) is 5.49. The van der Waals surface area contributed by atoms with Gasteiger partial charge in [-0.1, -0.05) is 19.9 Å². The monoisotopic (exact) mass is 246 g/mol. The second-order valence-corrected chi connectivity index (χ2v) is 5.49. The number of nitrogens with zero attached hydrogens (tertiary/aromatic N) is 1. The number of anilines is 1. The third kappa shape index (κ3) is 3.05. The summed E-state index contributed by atoms with van der Waals surface area (Å²) >= 11 is 0. The minimum Gasteiger partial charge on any atom is -0.399 e. The largest absolute Gasteiger partial charge is 0.399 e. The molecule has 0 saturated carbocycles. The van der Waals surface area contributed by atoms with Crippen LogP contribution < -0.4 is 5.73 Å². The first-order valence-corrected chi connectivity index (χ1v) is 7.35. The molecule has 100 valence electrons. The topological polar surface area (TPSA) is 29.3 Å². The average molecular weight is 246 g/mol. The first-order valence-electron chi connectivity index (χ1n) is 7.35. The number of rotatable bonds is 6. The highest BCUT2D eigenvalue weighted by Gasteiger charge is 2.24. The van der Waals surface area contributed by atoms with Crippen molar-refractivity contribution in [3.63, 3.8) is 0 Å². The molecule has 0 bridgehead atoms. The van der Waals surface area contributed by atoms with Crippen LogP contribution in [0.1, 0.15) is 50.2 Å². The first-order chi connectivity index (χ1) is 8.74. The van der Waals surface area contributed by atoms with Crippen LogP contribution in [-0.2, 0) is 6.42 Å². The molecule has 0 heterocycles. The molecule has 0 radical (unpaired) electrons. The number of nitrogens with two attached hydrogens (primary N) is 1. The fraction of sp³-hybridized carbons (Fsp3) is 0.625. The molecule has 2 N–H and O–H groups in total. The summed E-state index contributed by atoms with van der Waals surface area (Å²) < 4.78 is 0. The van der Waals surface area contributed by atoms with E-state index < -0.39 is 0 Å². The van der Waals surface area contributed by atoms with Crippen molar-refractivity contribution < 1.29 is 0 Å². The normalized spacial score (nSPS) is 18.3. The summed E-state index contributed by atoms with van der Waals surface area (Å²) in [6.45, 7) is 8.19. The summed E-state index contributed by atoms with van der Waals surface area (Å²) in [6.07, 6.45) is 5.02. The van der Waals surface area contributed by atoms with E-state index in [1.54, 1.807) is 0 Å². The lowest BCUT2D eigenvalue weighted by Gasteiger charge is -2.25. The molecule has 0 aromatic heterocycles. The lowest BCUT2D eigenvalue weighted by Crippen LogP contribution is -2.29. The summed E-state index contributed by atoms with van der Waals surface area (Å²) in [5.74, 6) is 0.696. The van der Waals surface area contributed by atoms with Crippen LogP contribution in [0.5, 0.6) is 0 Å². The molecule has 1 atom stereocenters. The zero-order valence-corrected chi connectivity index (χ0v) is 11.8. The van der Waals surface area contributed by atoms with Gasteiger partial charge in [0.15, 0.2) is 0 Å². The van der Waals surface area contributed by atoms with Crippen molar-refractivity contribution in [2.75, 3.05) is 25.4 Å². The zero-order valence-electron chi connectivity index (χ0n) is 11.8. The van der Waals surface area contributed by atoms with E-state index in [-0.39, 0.29) is 0 Å². The molecule has 1 aliphatic carbocycles. The Hall–Kier alpha value is -1.02. The van der Waals surface area contributed by atoms with Gasteiger partial charge in [0, 0.05) is 12.2 Å². The number of nitrogen functional groups attached to an aromatic ring is 1. The summed E-state index contributed by atoms with van der Waals surface area (Å²) in [7, 11) is 0. The molecule has 0 amide bonds. The van der Waals surface area contributed by atoms with Crippen molar-refractivity contribution in [1.29, 1.82) is 0 Å². The van der Waals surface area contributed by atoms with E-state index in [2.05, 4.69) is 30.9 Å². The van der Waals surface area contributed by atoms with Gasteiger partial charge < -0.3 is 10.6 Å². The smallest absolute Gasteiger partial charge is 0.0317 e. The van der Waals surface area contributed by atoms with Crippen LogP contribution in [0.25, 0.3) is 0 Å². The number of hydrogen-bond donors (Lipinski definition) is 1. The Kier molecular flexibility index (Phi) is 4.65. The molecule has 0 saturated heterocycles. The van der Waals surface area contributed by atoms with Crippen LogP contribution in [0.4, 0.5) is 5.69 Å². The van der Waals surface area contributed by atoms with E-state index in [1.807, 2.05) is 6.07 Å². The third-order valence-corrected chi connectivity index (χ3v) is 3.93. The van der Waals surface area contributed by atoms with E-state index in [1.165, 1.54) is 56.4 Å². The van der Waals surface area contributed by atoms with Gasteiger partial charge in [0.25, 0.3) is 0 Å².